The monoisotopic (exact) mass is 452 g/mol. The lowest BCUT2D eigenvalue weighted by molar-refractivity contribution is -0.131. The number of rotatable bonds is 5. The molecule has 0 N–H and O–H groups in total. The second-order valence-corrected chi connectivity index (χ2v) is 9.50. The van der Waals surface area contributed by atoms with E-state index < -0.39 is 5.41 Å². The highest BCUT2D eigenvalue weighted by Gasteiger charge is 2.49. The van der Waals surface area contributed by atoms with Gasteiger partial charge in [0.25, 0.3) is 0 Å². The van der Waals surface area contributed by atoms with Crippen molar-refractivity contribution in [2.75, 3.05) is 4.90 Å². The van der Waals surface area contributed by atoms with Gasteiger partial charge in [0.15, 0.2) is 0 Å². The maximum absolute atomic E-state index is 14.0. The second kappa shape index (κ2) is 8.57. The van der Waals surface area contributed by atoms with E-state index in [0.29, 0.717) is 22.9 Å². The summed E-state index contributed by atoms with van der Waals surface area (Å²) in [5.41, 5.74) is 2.49. The molecule has 1 saturated heterocycles. The Morgan fingerprint density at radius 1 is 1.10 bits per heavy atom. The van der Waals surface area contributed by atoms with Crippen LogP contribution in [0.4, 0.5) is 5.69 Å². The van der Waals surface area contributed by atoms with E-state index in [2.05, 4.69) is 12.6 Å². The summed E-state index contributed by atoms with van der Waals surface area (Å²) < 4.78 is 1.97. The minimum absolute atomic E-state index is 0.0581. The number of nitrogens with zero attached hydrogens (tertiary/aromatic N) is 2. The molecule has 31 heavy (non-hydrogen) atoms. The van der Waals surface area contributed by atoms with E-state index >= 15 is 0 Å². The van der Waals surface area contributed by atoms with Gasteiger partial charge in [0.2, 0.25) is 5.91 Å². The van der Waals surface area contributed by atoms with Crippen LogP contribution in [-0.2, 0) is 11.8 Å². The van der Waals surface area contributed by atoms with Crippen LogP contribution >= 0.6 is 23.2 Å². The molecule has 0 bridgehead atoms. The number of amides is 1. The molecule has 1 aromatic heterocycles. The third-order valence-corrected chi connectivity index (χ3v) is 6.73. The average Bonchev–Trinajstić information content (AvgIpc) is 3.16. The van der Waals surface area contributed by atoms with Crippen molar-refractivity contribution in [2.45, 2.75) is 31.7 Å². The molecule has 4 rings (SSSR count). The molecule has 3 aromatic rings. The molecule has 0 unspecified atom stereocenters. The fourth-order valence-corrected chi connectivity index (χ4v) is 5.08. The first-order valence-electron chi connectivity index (χ1n) is 10.4. The van der Waals surface area contributed by atoms with Gasteiger partial charge >= 0.3 is 0 Å². The molecule has 2 aromatic carbocycles. The van der Waals surface area contributed by atoms with Crippen molar-refractivity contribution in [1.29, 1.82) is 0 Å². The topological polar surface area (TPSA) is 25.2 Å². The number of aryl methyl sites for hydroxylation is 1. The highest BCUT2D eigenvalue weighted by molar-refractivity contribution is 6.30. The number of halogens is 2. The molecule has 5 heteroatoms. The molecule has 1 aliphatic heterocycles. The van der Waals surface area contributed by atoms with Crippen molar-refractivity contribution in [2.24, 2.45) is 12.5 Å². The van der Waals surface area contributed by atoms with Gasteiger partial charge in [-0.1, -0.05) is 60.5 Å². The molecule has 0 saturated carbocycles. The summed E-state index contributed by atoms with van der Waals surface area (Å²) in [6.07, 6.45) is 7.12. The average molecular weight is 453 g/mol. The van der Waals surface area contributed by atoms with Gasteiger partial charge in [0, 0.05) is 35.4 Å². The Bertz CT molecular complexity index is 1100. The SMILES string of the molecule is C=CC[C@@]1(C)C[C@H](c2cccc(Cl)c2)[C@@H](c2ccc(Cl)cc2)N(c2ccn(C)c2)C1=O. The van der Waals surface area contributed by atoms with Gasteiger partial charge < -0.3 is 9.47 Å². The van der Waals surface area contributed by atoms with Crippen LogP contribution in [-0.4, -0.2) is 10.5 Å². The smallest absolute Gasteiger partial charge is 0.233 e. The van der Waals surface area contributed by atoms with Gasteiger partial charge in [-0.25, -0.2) is 0 Å². The predicted molar refractivity (Wildman–Crippen MR) is 129 cm³/mol. The molecule has 0 radical (unpaired) electrons. The van der Waals surface area contributed by atoms with Crippen molar-refractivity contribution in [3.8, 4) is 0 Å². The molecule has 0 spiro atoms. The molecule has 2 heterocycles. The number of aromatic nitrogens is 1. The minimum Gasteiger partial charge on any atom is -0.355 e. The van der Waals surface area contributed by atoms with Gasteiger partial charge in [-0.2, -0.15) is 0 Å². The Morgan fingerprint density at radius 2 is 1.84 bits per heavy atom. The summed E-state index contributed by atoms with van der Waals surface area (Å²) in [6, 6.07) is 17.6. The van der Waals surface area contributed by atoms with Crippen molar-refractivity contribution >= 4 is 34.8 Å². The molecule has 160 valence electrons. The Morgan fingerprint density at radius 3 is 2.45 bits per heavy atom. The first-order chi connectivity index (χ1) is 14.8. The summed E-state index contributed by atoms with van der Waals surface area (Å²) in [5, 5.41) is 1.37. The Balaban J connectivity index is 1.93. The lowest BCUT2D eigenvalue weighted by Crippen LogP contribution is -2.52. The lowest BCUT2D eigenvalue weighted by atomic mass is 9.67. The number of hydrogen-bond donors (Lipinski definition) is 0. The fourth-order valence-electron chi connectivity index (χ4n) is 4.76. The highest BCUT2D eigenvalue weighted by Crippen LogP contribution is 2.52. The first-order valence-corrected chi connectivity index (χ1v) is 11.2. The zero-order valence-electron chi connectivity index (χ0n) is 17.8. The number of benzene rings is 2. The zero-order valence-corrected chi connectivity index (χ0v) is 19.3. The molecule has 1 fully saturated rings. The maximum atomic E-state index is 14.0. The van der Waals surface area contributed by atoms with Crippen LogP contribution < -0.4 is 4.90 Å². The first kappa shape index (κ1) is 21.7. The standard InChI is InChI=1S/C26H26Cl2N2O/c1-4-13-26(2)16-23(19-6-5-7-21(28)15-19)24(18-8-10-20(27)11-9-18)30(25(26)31)22-12-14-29(3)17-22/h4-12,14-15,17,23-24H,1,13,16H2,2-3H3/t23-,24-,26+/m1/s1. The number of hydrogen-bond acceptors (Lipinski definition) is 1. The van der Waals surface area contributed by atoms with E-state index in [1.165, 1.54) is 0 Å². The molecule has 0 aliphatic carbocycles. The van der Waals surface area contributed by atoms with Gasteiger partial charge in [0.1, 0.15) is 0 Å². The van der Waals surface area contributed by atoms with Crippen molar-refractivity contribution < 1.29 is 4.79 Å². The number of piperidine rings is 1. The molecular weight excluding hydrogens is 427 g/mol. The lowest BCUT2D eigenvalue weighted by Gasteiger charge is -2.49. The minimum atomic E-state index is -0.562. The Kier molecular flexibility index (Phi) is 6.00. The van der Waals surface area contributed by atoms with Gasteiger partial charge in [-0.15, -0.1) is 6.58 Å². The van der Waals surface area contributed by atoms with E-state index in [9.17, 15) is 4.79 Å². The summed E-state index contributed by atoms with van der Waals surface area (Å²) in [7, 11) is 1.96. The van der Waals surface area contributed by atoms with E-state index in [-0.39, 0.29) is 17.9 Å². The molecule has 1 amide bonds. The molecule has 3 atom stereocenters. The number of allylic oxidation sites excluding steroid dienone is 1. The number of anilines is 1. The van der Waals surface area contributed by atoms with Crippen molar-refractivity contribution in [3.63, 3.8) is 0 Å². The van der Waals surface area contributed by atoms with Crippen LogP contribution in [0.1, 0.15) is 42.9 Å². The van der Waals surface area contributed by atoms with E-state index in [4.69, 9.17) is 23.2 Å². The Hall–Kier alpha value is -2.49. The van der Waals surface area contributed by atoms with Crippen LogP contribution in [0, 0.1) is 5.41 Å². The largest absolute Gasteiger partial charge is 0.355 e. The molecule has 3 nitrogen and oxygen atoms in total. The van der Waals surface area contributed by atoms with E-state index in [1.54, 1.807) is 0 Å². The predicted octanol–water partition coefficient (Wildman–Crippen LogP) is 7.18. The second-order valence-electron chi connectivity index (χ2n) is 8.63. The maximum Gasteiger partial charge on any atom is 0.233 e. The van der Waals surface area contributed by atoms with Crippen LogP contribution in [0.5, 0.6) is 0 Å². The van der Waals surface area contributed by atoms with Crippen LogP contribution in [0.2, 0.25) is 10.0 Å². The van der Waals surface area contributed by atoms with Gasteiger partial charge in [-0.05, 0) is 54.3 Å². The molecule has 1 aliphatic rings. The summed E-state index contributed by atoms with van der Waals surface area (Å²) in [6.45, 7) is 5.97. The van der Waals surface area contributed by atoms with Crippen LogP contribution in [0.15, 0.2) is 79.6 Å². The summed E-state index contributed by atoms with van der Waals surface area (Å²) in [4.78, 5) is 15.9. The fraction of sp³-hybridized carbons (Fsp3) is 0.269. The quantitative estimate of drug-likeness (QED) is 0.376. The summed E-state index contributed by atoms with van der Waals surface area (Å²) in [5.74, 6) is 0.166. The molecular formula is C26H26Cl2N2O. The normalized spacial score (nSPS) is 23.7. The van der Waals surface area contributed by atoms with E-state index in [0.717, 1.165) is 16.8 Å². The number of carbonyl (C=O) groups is 1. The third-order valence-electron chi connectivity index (χ3n) is 6.24. The van der Waals surface area contributed by atoms with Gasteiger partial charge in [-0.3, -0.25) is 4.79 Å². The highest BCUT2D eigenvalue weighted by atomic mass is 35.5. The van der Waals surface area contributed by atoms with Gasteiger partial charge in [0.05, 0.1) is 17.1 Å². The van der Waals surface area contributed by atoms with Crippen molar-refractivity contribution in [3.05, 3.63) is 101 Å². The van der Waals surface area contributed by atoms with E-state index in [1.807, 2.05) is 90.4 Å². The van der Waals surface area contributed by atoms with Crippen molar-refractivity contribution in [1.82, 2.24) is 4.57 Å². The number of carbonyl (C=O) groups excluding carboxylic acids is 1. The third kappa shape index (κ3) is 4.17. The Labute approximate surface area is 193 Å². The van der Waals surface area contributed by atoms with Crippen LogP contribution in [0.25, 0.3) is 0 Å². The van der Waals surface area contributed by atoms with Crippen LogP contribution in [0.3, 0.4) is 0 Å². The zero-order chi connectivity index (χ0) is 22.2. The summed E-state index contributed by atoms with van der Waals surface area (Å²) >= 11 is 12.6.